The van der Waals surface area contributed by atoms with Crippen LogP contribution in [0.2, 0.25) is 32.2 Å². The van der Waals surface area contributed by atoms with Gasteiger partial charge in [-0.05, 0) is 39.3 Å². The summed E-state index contributed by atoms with van der Waals surface area (Å²) in [5.41, 5.74) is 0. The summed E-state index contributed by atoms with van der Waals surface area (Å²) in [7, 11) is -2.77. The molecule has 0 aromatic carbocycles. The Morgan fingerprint density at radius 3 is 1.55 bits per heavy atom. The van der Waals surface area contributed by atoms with E-state index >= 15 is 0 Å². The molecule has 20 heavy (non-hydrogen) atoms. The van der Waals surface area contributed by atoms with E-state index in [2.05, 4.69) is 63.7 Å². The van der Waals surface area contributed by atoms with Crippen molar-refractivity contribution in [1.29, 1.82) is 0 Å². The molecule has 0 aromatic rings. The van der Waals surface area contributed by atoms with E-state index in [4.69, 9.17) is 4.43 Å². The van der Waals surface area contributed by atoms with Gasteiger partial charge in [0.2, 0.25) is 0 Å². The van der Waals surface area contributed by atoms with E-state index < -0.39 is 15.4 Å². The smallest absolute Gasteiger partial charge is 0.178 e. The lowest BCUT2D eigenvalue weighted by Crippen LogP contribution is -2.74. The van der Waals surface area contributed by atoms with Crippen molar-refractivity contribution in [3.63, 3.8) is 0 Å². The van der Waals surface area contributed by atoms with Crippen LogP contribution in [0, 0.1) is 0 Å². The molecule has 0 saturated carbocycles. The summed E-state index contributed by atoms with van der Waals surface area (Å²) in [5, 5.41) is 0. The van der Waals surface area contributed by atoms with Crippen LogP contribution >= 0.6 is 0 Å². The Morgan fingerprint density at radius 2 is 1.25 bits per heavy atom. The van der Waals surface area contributed by atoms with Crippen molar-refractivity contribution in [2.75, 3.05) is 26.2 Å². The minimum absolute atomic E-state index is 0.134. The minimum Gasteiger partial charge on any atom is -0.391 e. The van der Waals surface area contributed by atoms with Crippen LogP contribution in [-0.2, 0) is 4.43 Å². The highest BCUT2D eigenvalue weighted by molar-refractivity contribution is 7.38. The zero-order chi connectivity index (χ0) is 15.6. The van der Waals surface area contributed by atoms with Crippen LogP contribution in [-0.4, -0.2) is 57.3 Å². The third kappa shape index (κ3) is 3.07. The molecule has 1 rings (SSSR count). The Hall–Kier alpha value is 0.314. The summed E-state index contributed by atoms with van der Waals surface area (Å²) in [6.45, 7) is 23.3. The fraction of sp³-hybridized carbons (Fsp3) is 1.00. The number of hydrogen-bond acceptors (Lipinski definition) is 3. The van der Waals surface area contributed by atoms with Crippen molar-refractivity contribution in [3.8, 4) is 0 Å². The van der Waals surface area contributed by atoms with Gasteiger partial charge in [0, 0.05) is 6.42 Å². The van der Waals surface area contributed by atoms with Gasteiger partial charge in [-0.2, -0.15) is 0 Å². The Balaban J connectivity index is 3.20. The van der Waals surface area contributed by atoms with Crippen LogP contribution < -0.4 is 0 Å². The molecule has 120 valence electrons. The molecule has 0 unspecified atom stereocenters. The maximum absolute atomic E-state index is 7.02. The molecule has 0 amide bonds. The third-order valence-electron chi connectivity index (χ3n) is 5.64. The predicted octanol–water partition coefficient (Wildman–Crippen LogP) is 3.74. The van der Waals surface area contributed by atoms with Crippen molar-refractivity contribution in [3.05, 3.63) is 0 Å². The standard InChI is InChI=1S/C15H36N2OSi2/c1-9-16(10-2)15(17(11-3)12-4)13-14-19(5,6)20(7,8)18-15/h9-14H2,1-8H3. The molecule has 1 aliphatic heterocycles. The molecular weight excluding hydrogens is 280 g/mol. The highest BCUT2D eigenvalue weighted by Crippen LogP contribution is 2.42. The number of rotatable bonds is 6. The molecule has 1 heterocycles. The van der Waals surface area contributed by atoms with E-state index in [1.807, 2.05) is 0 Å². The molecular formula is C15H36N2OSi2. The lowest BCUT2D eigenvalue weighted by Gasteiger charge is -2.59. The van der Waals surface area contributed by atoms with Crippen LogP contribution in [0.3, 0.4) is 0 Å². The summed E-state index contributed by atoms with van der Waals surface area (Å²) in [4.78, 5) is 5.11. The van der Waals surface area contributed by atoms with Gasteiger partial charge < -0.3 is 4.43 Å². The van der Waals surface area contributed by atoms with Crippen LogP contribution in [0.25, 0.3) is 0 Å². The van der Waals surface area contributed by atoms with Crippen molar-refractivity contribution >= 4 is 15.4 Å². The molecule has 0 atom stereocenters. The first-order valence-corrected chi connectivity index (χ1v) is 15.5. The summed E-state index contributed by atoms with van der Waals surface area (Å²) in [6.07, 6.45) is 1.19. The SMILES string of the molecule is CCN(CC)C1(N(CC)CC)CC[Si](C)(C)[Si](C)(C)O1. The second-order valence-corrected chi connectivity index (χ2v) is 22.2. The van der Waals surface area contributed by atoms with E-state index in [-0.39, 0.29) is 5.85 Å². The first-order chi connectivity index (χ1) is 9.20. The van der Waals surface area contributed by atoms with E-state index in [0.29, 0.717) is 0 Å². The lowest BCUT2D eigenvalue weighted by atomic mass is 10.2. The van der Waals surface area contributed by atoms with Gasteiger partial charge in [-0.3, -0.25) is 9.80 Å². The van der Waals surface area contributed by atoms with E-state index in [1.54, 1.807) is 0 Å². The van der Waals surface area contributed by atoms with Gasteiger partial charge in [0.05, 0.1) is 7.59 Å². The highest BCUT2D eigenvalue weighted by Gasteiger charge is 2.56. The van der Waals surface area contributed by atoms with Gasteiger partial charge in [0.15, 0.2) is 13.7 Å². The molecule has 3 nitrogen and oxygen atoms in total. The molecule has 0 aromatic heterocycles. The molecule has 1 saturated heterocycles. The number of nitrogens with zero attached hydrogens (tertiary/aromatic N) is 2. The molecule has 1 fully saturated rings. The van der Waals surface area contributed by atoms with Gasteiger partial charge >= 0.3 is 0 Å². The van der Waals surface area contributed by atoms with Gasteiger partial charge in [-0.1, -0.05) is 46.8 Å². The molecule has 5 heteroatoms. The van der Waals surface area contributed by atoms with E-state index in [1.165, 1.54) is 12.5 Å². The van der Waals surface area contributed by atoms with Crippen LogP contribution in [0.15, 0.2) is 0 Å². The summed E-state index contributed by atoms with van der Waals surface area (Å²) in [6, 6.07) is 1.40. The van der Waals surface area contributed by atoms with Gasteiger partial charge in [0.1, 0.15) is 0 Å². The first kappa shape index (κ1) is 18.4. The average Bonchev–Trinajstić information content (AvgIpc) is 2.37. The molecule has 0 spiro atoms. The quantitative estimate of drug-likeness (QED) is 0.548. The monoisotopic (exact) mass is 316 g/mol. The largest absolute Gasteiger partial charge is 0.391 e. The van der Waals surface area contributed by atoms with Crippen LogP contribution in [0.5, 0.6) is 0 Å². The lowest BCUT2D eigenvalue weighted by molar-refractivity contribution is -0.201. The van der Waals surface area contributed by atoms with Crippen LogP contribution in [0.4, 0.5) is 0 Å². The Morgan fingerprint density at radius 1 is 0.850 bits per heavy atom. The zero-order valence-electron chi connectivity index (χ0n) is 15.0. The highest BCUT2D eigenvalue weighted by atomic mass is 29.3. The number of hydrogen-bond donors (Lipinski definition) is 0. The summed E-state index contributed by atoms with van der Waals surface area (Å²) >= 11 is 0. The van der Waals surface area contributed by atoms with Crippen molar-refractivity contribution < 1.29 is 4.43 Å². The fourth-order valence-electron chi connectivity index (χ4n) is 3.45. The second kappa shape index (κ2) is 6.61. The Bertz CT molecular complexity index is 301. The molecule has 0 aliphatic carbocycles. The molecule has 1 aliphatic rings. The minimum atomic E-state index is -1.59. The van der Waals surface area contributed by atoms with Crippen molar-refractivity contribution in [2.45, 2.75) is 72.2 Å². The average molecular weight is 317 g/mol. The fourth-order valence-corrected chi connectivity index (χ4v) is 9.96. The van der Waals surface area contributed by atoms with E-state index in [0.717, 1.165) is 26.2 Å². The van der Waals surface area contributed by atoms with Gasteiger partial charge in [-0.15, -0.1) is 0 Å². The van der Waals surface area contributed by atoms with E-state index in [9.17, 15) is 0 Å². The maximum Gasteiger partial charge on any atom is 0.178 e. The Labute approximate surface area is 128 Å². The molecule has 0 radical (unpaired) electrons. The second-order valence-electron chi connectivity index (χ2n) is 7.08. The topological polar surface area (TPSA) is 15.7 Å². The normalized spacial score (nSPS) is 24.3. The first-order valence-electron chi connectivity index (χ1n) is 8.41. The van der Waals surface area contributed by atoms with Gasteiger partial charge in [-0.25, -0.2) is 0 Å². The van der Waals surface area contributed by atoms with Crippen LogP contribution in [0.1, 0.15) is 34.1 Å². The maximum atomic E-state index is 7.02. The third-order valence-corrected chi connectivity index (χ3v) is 22.1. The van der Waals surface area contributed by atoms with Gasteiger partial charge in [0.25, 0.3) is 0 Å². The summed E-state index contributed by atoms with van der Waals surface area (Å²) in [5.74, 6) is -0.134. The van der Waals surface area contributed by atoms with Crippen molar-refractivity contribution in [2.24, 2.45) is 0 Å². The Kier molecular flexibility index (Phi) is 6.07. The zero-order valence-corrected chi connectivity index (χ0v) is 17.0. The molecule has 0 bridgehead atoms. The predicted molar refractivity (Wildman–Crippen MR) is 94.0 cm³/mol. The summed E-state index contributed by atoms with van der Waals surface area (Å²) < 4.78 is 7.02. The molecule has 0 N–H and O–H groups in total. The van der Waals surface area contributed by atoms with Crippen molar-refractivity contribution in [1.82, 2.24) is 9.80 Å².